The molecule has 0 spiro atoms. The van der Waals surface area contributed by atoms with Gasteiger partial charge in [-0.1, -0.05) is 0 Å². The molecule has 1 saturated heterocycles. The topological polar surface area (TPSA) is 63.2 Å². The lowest BCUT2D eigenvalue weighted by Gasteiger charge is -2.23. The molecule has 1 aromatic heterocycles. The molecule has 5 heteroatoms. The smallest absolute Gasteiger partial charge is 0.269 e. The van der Waals surface area contributed by atoms with Gasteiger partial charge in [-0.15, -0.1) is 0 Å². The van der Waals surface area contributed by atoms with Crippen molar-refractivity contribution in [2.24, 2.45) is 0 Å². The Hall–Kier alpha value is -1.62. The first kappa shape index (κ1) is 12.8. The summed E-state index contributed by atoms with van der Waals surface area (Å²) in [5.74, 6) is -0.174. The van der Waals surface area contributed by atoms with Crippen LogP contribution in [0.3, 0.4) is 0 Å². The summed E-state index contributed by atoms with van der Waals surface area (Å²) in [7, 11) is 1.60. The van der Waals surface area contributed by atoms with E-state index in [-0.39, 0.29) is 12.0 Å². The summed E-state index contributed by atoms with van der Waals surface area (Å²) in [5, 5.41) is 5.85. The zero-order chi connectivity index (χ0) is 12.8. The van der Waals surface area contributed by atoms with Gasteiger partial charge >= 0.3 is 0 Å². The van der Waals surface area contributed by atoms with Crippen LogP contribution in [0.5, 0.6) is 0 Å². The van der Waals surface area contributed by atoms with Crippen molar-refractivity contribution in [3.05, 3.63) is 24.0 Å². The Bertz CT molecular complexity index is 403. The molecular weight excluding hydrogens is 230 g/mol. The molecule has 2 rings (SSSR count). The predicted molar refractivity (Wildman–Crippen MR) is 69.7 cm³/mol. The molecule has 1 fully saturated rings. The number of hydrogen-bond donors (Lipinski definition) is 2. The number of ether oxygens (including phenoxy) is 1. The number of anilines is 1. The third-order valence-corrected chi connectivity index (χ3v) is 3.03. The van der Waals surface area contributed by atoms with Gasteiger partial charge < -0.3 is 15.4 Å². The lowest BCUT2D eigenvalue weighted by atomic mass is 10.1. The summed E-state index contributed by atoms with van der Waals surface area (Å²) >= 11 is 0. The normalized spacial score (nSPS) is 19.3. The van der Waals surface area contributed by atoms with Crippen molar-refractivity contribution in [3.63, 3.8) is 0 Å². The van der Waals surface area contributed by atoms with Crippen molar-refractivity contribution in [3.8, 4) is 0 Å². The van der Waals surface area contributed by atoms with Crippen LogP contribution >= 0.6 is 0 Å². The fraction of sp³-hybridized carbons (Fsp3) is 0.538. The summed E-state index contributed by atoms with van der Waals surface area (Å²) in [5.41, 5.74) is 1.32. The Balaban J connectivity index is 1.90. The van der Waals surface area contributed by atoms with Crippen molar-refractivity contribution in [1.29, 1.82) is 0 Å². The highest BCUT2D eigenvalue weighted by molar-refractivity contribution is 5.92. The molecule has 98 valence electrons. The van der Waals surface area contributed by atoms with E-state index in [2.05, 4.69) is 15.6 Å². The monoisotopic (exact) mass is 249 g/mol. The SMILES string of the molecule is CNC(=O)c1cc(NCC2CCCCO2)ccn1. The molecule has 2 heterocycles. The molecule has 0 aromatic carbocycles. The quantitative estimate of drug-likeness (QED) is 0.847. The lowest BCUT2D eigenvalue weighted by molar-refractivity contribution is 0.0247. The van der Waals surface area contributed by atoms with E-state index < -0.39 is 0 Å². The van der Waals surface area contributed by atoms with E-state index in [0.717, 1.165) is 31.7 Å². The minimum Gasteiger partial charge on any atom is -0.382 e. The van der Waals surface area contributed by atoms with E-state index in [1.165, 1.54) is 6.42 Å². The fourth-order valence-corrected chi connectivity index (χ4v) is 1.99. The number of carbonyl (C=O) groups excluding carboxylic acids is 1. The van der Waals surface area contributed by atoms with Crippen LogP contribution in [-0.4, -0.2) is 37.2 Å². The van der Waals surface area contributed by atoms with E-state index in [0.29, 0.717) is 5.69 Å². The van der Waals surface area contributed by atoms with Crippen LogP contribution in [0, 0.1) is 0 Å². The molecule has 0 aliphatic carbocycles. The van der Waals surface area contributed by atoms with Gasteiger partial charge in [-0.25, -0.2) is 0 Å². The van der Waals surface area contributed by atoms with Crippen molar-refractivity contribution in [1.82, 2.24) is 10.3 Å². The first-order chi connectivity index (χ1) is 8.79. The predicted octanol–water partition coefficient (Wildman–Crippen LogP) is 1.42. The van der Waals surface area contributed by atoms with Gasteiger partial charge in [-0.05, 0) is 31.4 Å². The molecule has 1 aliphatic heterocycles. The number of rotatable bonds is 4. The zero-order valence-corrected chi connectivity index (χ0v) is 10.6. The highest BCUT2D eigenvalue weighted by Crippen LogP contribution is 2.14. The van der Waals surface area contributed by atoms with E-state index in [1.807, 2.05) is 6.07 Å². The van der Waals surface area contributed by atoms with Crippen LogP contribution in [0.25, 0.3) is 0 Å². The van der Waals surface area contributed by atoms with Crippen LogP contribution < -0.4 is 10.6 Å². The molecule has 0 saturated carbocycles. The Kier molecular flexibility index (Phi) is 4.52. The average Bonchev–Trinajstić information content (AvgIpc) is 2.45. The number of aromatic nitrogens is 1. The van der Waals surface area contributed by atoms with Gasteiger partial charge in [-0.2, -0.15) is 0 Å². The molecule has 1 aliphatic rings. The largest absolute Gasteiger partial charge is 0.382 e. The molecule has 2 N–H and O–H groups in total. The summed E-state index contributed by atoms with van der Waals surface area (Å²) in [6, 6.07) is 3.61. The van der Waals surface area contributed by atoms with Crippen LogP contribution in [0.15, 0.2) is 18.3 Å². The lowest BCUT2D eigenvalue weighted by Crippen LogP contribution is -2.27. The highest BCUT2D eigenvalue weighted by Gasteiger charge is 2.13. The Morgan fingerprint density at radius 3 is 3.17 bits per heavy atom. The van der Waals surface area contributed by atoms with Crippen LogP contribution in [0.4, 0.5) is 5.69 Å². The molecular formula is C13H19N3O2. The van der Waals surface area contributed by atoms with Gasteiger partial charge in [0.1, 0.15) is 5.69 Å². The van der Waals surface area contributed by atoms with Gasteiger partial charge in [0.2, 0.25) is 0 Å². The summed E-state index contributed by atoms with van der Waals surface area (Å²) in [6.45, 7) is 1.63. The number of carbonyl (C=O) groups is 1. The summed E-state index contributed by atoms with van der Waals surface area (Å²) < 4.78 is 5.64. The molecule has 1 aromatic rings. The average molecular weight is 249 g/mol. The summed E-state index contributed by atoms with van der Waals surface area (Å²) in [4.78, 5) is 15.5. The maximum atomic E-state index is 11.4. The van der Waals surface area contributed by atoms with Crippen molar-refractivity contribution in [2.45, 2.75) is 25.4 Å². The van der Waals surface area contributed by atoms with Crippen LogP contribution in [0.1, 0.15) is 29.8 Å². The number of amides is 1. The van der Waals surface area contributed by atoms with Gasteiger partial charge in [0, 0.05) is 32.1 Å². The standard InChI is InChI=1S/C13H19N3O2/c1-14-13(17)12-8-10(5-6-15-12)16-9-11-4-2-3-7-18-11/h5-6,8,11H,2-4,7,9H2,1H3,(H,14,17)(H,15,16). The van der Waals surface area contributed by atoms with Crippen molar-refractivity contribution in [2.75, 3.05) is 25.5 Å². The Labute approximate surface area is 107 Å². The van der Waals surface area contributed by atoms with Gasteiger partial charge in [0.25, 0.3) is 5.91 Å². The second-order valence-corrected chi connectivity index (χ2v) is 4.38. The first-order valence-corrected chi connectivity index (χ1v) is 6.33. The summed E-state index contributed by atoms with van der Waals surface area (Å²) in [6.07, 6.45) is 5.39. The minimum atomic E-state index is -0.174. The minimum absolute atomic E-state index is 0.174. The number of hydrogen-bond acceptors (Lipinski definition) is 4. The van der Waals surface area contributed by atoms with Crippen LogP contribution in [0.2, 0.25) is 0 Å². The Morgan fingerprint density at radius 1 is 1.56 bits per heavy atom. The van der Waals surface area contributed by atoms with E-state index >= 15 is 0 Å². The maximum absolute atomic E-state index is 11.4. The number of pyridine rings is 1. The zero-order valence-electron chi connectivity index (χ0n) is 10.6. The second kappa shape index (κ2) is 6.35. The second-order valence-electron chi connectivity index (χ2n) is 4.38. The molecule has 0 radical (unpaired) electrons. The third-order valence-electron chi connectivity index (χ3n) is 3.03. The molecule has 0 bridgehead atoms. The molecule has 18 heavy (non-hydrogen) atoms. The number of nitrogens with one attached hydrogen (secondary N) is 2. The fourth-order valence-electron chi connectivity index (χ4n) is 1.99. The maximum Gasteiger partial charge on any atom is 0.269 e. The van der Waals surface area contributed by atoms with E-state index in [9.17, 15) is 4.79 Å². The Morgan fingerprint density at radius 2 is 2.44 bits per heavy atom. The first-order valence-electron chi connectivity index (χ1n) is 6.33. The molecule has 1 amide bonds. The van der Waals surface area contributed by atoms with Gasteiger partial charge in [0.05, 0.1) is 6.10 Å². The third kappa shape index (κ3) is 3.43. The van der Waals surface area contributed by atoms with Crippen molar-refractivity contribution >= 4 is 11.6 Å². The highest BCUT2D eigenvalue weighted by atomic mass is 16.5. The van der Waals surface area contributed by atoms with Crippen LogP contribution in [-0.2, 0) is 4.74 Å². The van der Waals surface area contributed by atoms with Gasteiger partial charge in [-0.3, -0.25) is 9.78 Å². The molecule has 1 atom stereocenters. The van der Waals surface area contributed by atoms with E-state index in [1.54, 1.807) is 19.3 Å². The molecule has 5 nitrogen and oxygen atoms in total. The van der Waals surface area contributed by atoms with Crippen molar-refractivity contribution < 1.29 is 9.53 Å². The van der Waals surface area contributed by atoms with E-state index in [4.69, 9.17) is 4.74 Å². The molecule has 1 unspecified atom stereocenters. The number of nitrogens with zero attached hydrogens (tertiary/aromatic N) is 1. The van der Waals surface area contributed by atoms with Gasteiger partial charge in [0.15, 0.2) is 0 Å².